The van der Waals surface area contributed by atoms with Gasteiger partial charge in [0, 0.05) is 5.56 Å². The molecule has 0 heterocycles. The van der Waals surface area contributed by atoms with Gasteiger partial charge in [0.2, 0.25) is 5.91 Å². The molecule has 148 valence electrons. The highest BCUT2D eigenvalue weighted by atomic mass is 16.5. The fourth-order valence-electron chi connectivity index (χ4n) is 2.55. The number of rotatable bonds is 10. The van der Waals surface area contributed by atoms with Crippen molar-refractivity contribution >= 4 is 17.8 Å². The molecule has 7 nitrogen and oxygen atoms in total. The average molecular weight is 383 g/mol. The summed E-state index contributed by atoms with van der Waals surface area (Å²) in [7, 11) is 0. The van der Waals surface area contributed by atoms with Gasteiger partial charge < -0.3 is 15.4 Å². The summed E-state index contributed by atoms with van der Waals surface area (Å²) in [5.41, 5.74) is 1.50. The molecular formula is C21H25N3O4. The van der Waals surface area contributed by atoms with Crippen LogP contribution in [-0.4, -0.2) is 43.6 Å². The Morgan fingerprint density at radius 1 is 0.929 bits per heavy atom. The maximum Gasteiger partial charge on any atom is 0.325 e. The third-order valence-corrected chi connectivity index (χ3v) is 3.94. The summed E-state index contributed by atoms with van der Waals surface area (Å²) in [6.45, 7) is 1.87. The van der Waals surface area contributed by atoms with Crippen LogP contribution in [0.3, 0.4) is 0 Å². The van der Waals surface area contributed by atoms with Crippen LogP contribution in [0.5, 0.6) is 0 Å². The standard InChI is InChI=1S/C21H25N3O4/c1-2-28-19(25)14-22-21(27)18(13-16-9-5-3-6-10-16)23-15-24-20(26)17-11-7-4-8-12-17/h3-12,18,23H,2,13-15H2,1H3,(H,22,27)(H,24,26)/t18-/m0/s1. The van der Waals surface area contributed by atoms with Crippen LogP contribution in [0.1, 0.15) is 22.8 Å². The molecule has 0 aliphatic heterocycles. The van der Waals surface area contributed by atoms with E-state index in [4.69, 9.17) is 4.74 Å². The van der Waals surface area contributed by atoms with Gasteiger partial charge in [-0.3, -0.25) is 19.7 Å². The quantitative estimate of drug-likeness (QED) is 0.424. The zero-order valence-electron chi connectivity index (χ0n) is 15.8. The predicted molar refractivity (Wildman–Crippen MR) is 105 cm³/mol. The Kier molecular flexibility index (Phi) is 8.68. The van der Waals surface area contributed by atoms with Crippen LogP contribution in [-0.2, 0) is 20.7 Å². The van der Waals surface area contributed by atoms with Crippen LogP contribution >= 0.6 is 0 Å². The molecular weight excluding hydrogens is 358 g/mol. The van der Waals surface area contributed by atoms with Crippen molar-refractivity contribution in [2.45, 2.75) is 19.4 Å². The Morgan fingerprint density at radius 2 is 1.57 bits per heavy atom. The Morgan fingerprint density at radius 3 is 2.21 bits per heavy atom. The smallest absolute Gasteiger partial charge is 0.325 e. The molecule has 1 atom stereocenters. The molecule has 3 N–H and O–H groups in total. The van der Waals surface area contributed by atoms with E-state index in [2.05, 4.69) is 16.0 Å². The Hall–Kier alpha value is -3.19. The maximum absolute atomic E-state index is 12.5. The Bertz CT molecular complexity index is 766. The number of hydrogen-bond donors (Lipinski definition) is 3. The third kappa shape index (κ3) is 7.20. The highest BCUT2D eigenvalue weighted by Gasteiger charge is 2.19. The minimum absolute atomic E-state index is 0.109. The average Bonchev–Trinajstić information content (AvgIpc) is 2.72. The van der Waals surface area contributed by atoms with E-state index in [-0.39, 0.29) is 31.6 Å². The lowest BCUT2D eigenvalue weighted by atomic mass is 10.1. The molecule has 0 radical (unpaired) electrons. The summed E-state index contributed by atoms with van der Waals surface area (Å²) in [5.74, 6) is -1.07. The molecule has 2 aromatic carbocycles. The number of carbonyl (C=O) groups excluding carboxylic acids is 3. The number of ether oxygens (including phenoxy) is 1. The van der Waals surface area contributed by atoms with Gasteiger partial charge in [-0.25, -0.2) is 0 Å². The van der Waals surface area contributed by atoms with Gasteiger partial charge >= 0.3 is 5.97 Å². The molecule has 2 rings (SSSR count). The van der Waals surface area contributed by atoms with Crippen molar-refractivity contribution in [2.24, 2.45) is 0 Å². The molecule has 2 amide bonds. The minimum atomic E-state index is -0.618. The fourth-order valence-corrected chi connectivity index (χ4v) is 2.55. The van der Waals surface area contributed by atoms with Crippen molar-refractivity contribution in [3.05, 3.63) is 71.8 Å². The number of hydrogen-bond acceptors (Lipinski definition) is 5. The van der Waals surface area contributed by atoms with E-state index in [1.807, 2.05) is 36.4 Å². The topological polar surface area (TPSA) is 96.5 Å². The second-order valence-corrected chi connectivity index (χ2v) is 6.02. The molecule has 0 aliphatic rings. The lowest BCUT2D eigenvalue weighted by Crippen LogP contribution is -2.50. The van der Waals surface area contributed by atoms with Crippen molar-refractivity contribution in [2.75, 3.05) is 19.8 Å². The molecule has 2 aromatic rings. The fraction of sp³-hybridized carbons (Fsp3) is 0.286. The number of amides is 2. The molecule has 7 heteroatoms. The van der Waals surface area contributed by atoms with Gasteiger partial charge in [0.1, 0.15) is 6.54 Å². The zero-order chi connectivity index (χ0) is 20.2. The molecule has 0 saturated heterocycles. The van der Waals surface area contributed by atoms with E-state index in [0.29, 0.717) is 12.0 Å². The van der Waals surface area contributed by atoms with Gasteiger partial charge in [0.25, 0.3) is 5.91 Å². The minimum Gasteiger partial charge on any atom is -0.465 e. The first-order valence-electron chi connectivity index (χ1n) is 9.14. The van der Waals surface area contributed by atoms with Crippen LogP contribution in [0, 0.1) is 0 Å². The van der Waals surface area contributed by atoms with Crippen LogP contribution in [0.2, 0.25) is 0 Å². The molecule has 0 spiro atoms. The summed E-state index contributed by atoms with van der Waals surface area (Å²) < 4.78 is 4.82. The van der Waals surface area contributed by atoms with Gasteiger partial charge in [-0.15, -0.1) is 0 Å². The monoisotopic (exact) mass is 383 g/mol. The summed E-state index contributed by atoms with van der Waals surface area (Å²) in [4.78, 5) is 36.1. The lowest BCUT2D eigenvalue weighted by molar-refractivity contribution is -0.143. The first kappa shape index (κ1) is 21.1. The summed E-state index contributed by atoms with van der Waals surface area (Å²) in [6, 6.07) is 17.7. The van der Waals surface area contributed by atoms with E-state index in [1.165, 1.54) is 0 Å². The Labute approximate surface area is 164 Å². The van der Waals surface area contributed by atoms with Crippen LogP contribution in [0.25, 0.3) is 0 Å². The number of carbonyl (C=O) groups is 3. The first-order valence-corrected chi connectivity index (χ1v) is 9.14. The largest absolute Gasteiger partial charge is 0.465 e. The zero-order valence-corrected chi connectivity index (χ0v) is 15.8. The van der Waals surface area contributed by atoms with Crippen molar-refractivity contribution in [3.8, 4) is 0 Å². The normalized spacial score (nSPS) is 11.3. The highest BCUT2D eigenvalue weighted by molar-refractivity contribution is 5.94. The summed E-state index contributed by atoms with van der Waals surface area (Å²) in [6.07, 6.45) is 0.413. The van der Waals surface area contributed by atoms with Gasteiger partial charge in [0.15, 0.2) is 0 Å². The molecule has 0 aliphatic carbocycles. The van der Waals surface area contributed by atoms with E-state index < -0.39 is 12.0 Å². The molecule has 0 aromatic heterocycles. The molecule has 0 unspecified atom stereocenters. The van der Waals surface area contributed by atoms with Crippen LogP contribution < -0.4 is 16.0 Å². The van der Waals surface area contributed by atoms with E-state index >= 15 is 0 Å². The van der Waals surface area contributed by atoms with Gasteiger partial charge in [-0.2, -0.15) is 0 Å². The van der Waals surface area contributed by atoms with E-state index in [9.17, 15) is 14.4 Å². The predicted octanol–water partition coefficient (Wildman–Crippen LogP) is 1.25. The SMILES string of the molecule is CCOC(=O)CNC(=O)[C@H](Cc1ccccc1)NCNC(=O)c1ccccc1. The van der Waals surface area contributed by atoms with Gasteiger partial charge in [-0.1, -0.05) is 48.5 Å². The Balaban J connectivity index is 1.92. The second-order valence-electron chi connectivity index (χ2n) is 6.02. The number of benzene rings is 2. The van der Waals surface area contributed by atoms with Crippen molar-refractivity contribution in [1.29, 1.82) is 0 Å². The maximum atomic E-state index is 12.5. The van der Waals surface area contributed by atoms with Crippen molar-refractivity contribution in [1.82, 2.24) is 16.0 Å². The van der Waals surface area contributed by atoms with Crippen LogP contribution in [0.4, 0.5) is 0 Å². The molecule has 0 saturated carbocycles. The number of esters is 1. The third-order valence-electron chi connectivity index (χ3n) is 3.94. The number of nitrogens with one attached hydrogen (secondary N) is 3. The molecule has 0 bridgehead atoms. The van der Waals surface area contributed by atoms with Crippen molar-refractivity contribution < 1.29 is 19.1 Å². The van der Waals surface area contributed by atoms with E-state index in [0.717, 1.165) is 5.56 Å². The molecule has 0 fully saturated rings. The van der Waals surface area contributed by atoms with Gasteiger partial charge in [0.05, 0.1) is 19.3 Å². The van der Waals surface area contributed by atoms with Crippen LogP contribution in [0.15, 0.2) is 60.7 Å². The summed E-state index contributed by atoms with van der Waals surface area (Å²) >= 11 is 0. The van der Waals surface area contributed by atoms with E-state index in [1.54, 1.807) is 31.2 Å². The van der Waals surface area contributed by atoms with Gasteiger partial charge in [-0.05, 0) is 31.0 Å². The highest BCUT2D eigenvalue weighted by Crippen LogP contribution is 2.04. The first-order chi connectivity index (χ1) is 13.6. The summed E-state index contributed by atoms with van der Waals surface area (Å²) in [5, 5.41) is 8.33. The molecule has 28 heavy (non-hydrogen) atoms. The lowest BCUT2D eigenvalue weighted by Gasteiger charge is -2.19. The second kappa shape index (κ2) is 11.5. The van der Waals surface area contributed by atoms with Crippen molar-refractivity contribution in [3.63, 3.8) is 0 Å².